The predicted octanol–water partition coefficient (Wildman–Crippen LogP) is 2.39. The summed E-state index contributed by atoms with van der Waals surface area (Å²) in [6.07, 6.45) is 1.98. The van der Waals surface area contributed by atoms with E-state index >= 15 is 0 Å². The number of carbonyl (C=O) groups is 1. The zero-order valence-corrected chi connectivity index (χ0v) is 12.0. The first-order chi connectivity index (χ1) is 9.12. The fourth-order valence-electron chi connectivity index (χ4n) is 1.99. The largest absolute Gasteiger partial charge is 0.496 e. The van der Waals surface area contributed by atoms with Crippen LogP contribution in [0, 0.1) is 0 Å². The molecule has 0 radical (unpaired) electrons. The minimum atomic E-state index is -0.0739. The Kier molecular flexibility index (Phi) is 6.36. The fourth-order valence-corrected chi connectivity index (χ4v) is 1.99. The molecule has 1 amide bonds. The first-order valence-corrected chi connectivity index (χ1v) is 6.80. The van der Waals surface area contributed by atoms with Crippen molar-refractivity contribution in [3.63, 3.8) is 0 Å². The van der Waals surface area contributed by atoms with Gasteiger partial charge < -0.3 is 15.8 Å². The Bertz CT molecular complexity index is 407. The smallest absolute Gasteiger partial charge is 0.222 e. The average Bonchev–Trinajstić information content (AvgIpc) is 2.44. The summed E-state index contributed by atoms with van der Waals surface area (Å²) in [6.45, 7) is 4.02. The fraction of sp³-hybridized carbons (Fsp3) is 0.533. The molecule has 4 heteroatoms. The van der Waals surface area contributed by atoms with Gasteiger partial charge in [0.1, 0.15) is 5.75 Å². The van der Waals surface area contributed by atoms with Crippen LogP contribution in [0.1, 0.15) is 44.7 Å². The Morgan fingerprint density at radius 1 is 1.32 bits per heavy atom. The summed E-state index contributed by atoms with van der Waals surface area (Å²) in [5.74, 6) is 0.793. The maximum atomic E-state index is 11.9. The molecule has 0 saturated carbocycles. The molecule has 0 aromatic heterocycles. The van der Waals surface area contributed by atoms with E-state index in [9.17, 15) is 4.79 Å². The maximum absolute atomic E-state index is 11.9. The number of hydrogen-bond acceptors (Lipinski definition) is 3. The third kappa shape index (κ3) is 4.56. The van der Waals surface area contributed by atoms with E-state index in [0.29, 0.717) is 6.42 Å². The molecule has 0 fully saturated rings. The van der Waals surface area contributed by atoms with Crippen LogP contribution >= 0.6 is 0 Å². The molecule has 106 valence electrons. The molecule has 0 heterocycles. The number of nitrogens with one attached hydrogen (secondary N) is 1. The molecule has 2 atom stereocenters. The first-order valence-electron chi connectivity index (χ1n) is 6.80. The molecule has 0 aliphatic rings. The molecule has 19 heavy (non-hydrogen) atoms. The van der Waals surface area contributed by atoms with E-state index in [1.54, 1.807) is 7.11 Å². The highest BCUT2D eigenvalue weighted by atomic mass is 16.5. The molecule has 0 aliphatic carbocycles. The van der Waals surface area contributed by atoms with E-state index in [4.69, 9.17) is 10.5 Å². The van der Waals surface area contributed by atoms with Crippen LogP contribution in [0.4, 0.5) is 0 Å². The number of para-hydroxylation sites is 1. The van der Waals surface area contributed by atoms with Crippen molar-refractivity contribution >= 4 is 5.91 Å². The van der Waals surface area contributed by atoms with Crippen LogP contribution in [0.15, 0.2) is 24.3 Å². The summed E-state index contributed by atoms with van der Waals surface area (Å²) in [5, 5.41) is 3.02. The van der Waals surface area contributed by atoms with E-state index in [-0.39, 0.29) is 18.0 Å². The van der Waals surface area contributed by atoms with Crippen molar-refractivity contribution in [3.05, 3.63) is 29.8 Å². The van der Waals surface area contributed by atoms with Gasteiger partial charge in [-0.25, -0.2) is 0 Å². The molecule has 1 rings (SSSR count). The normalized spacial score (nSPS) is 13.7. The Morgan fingerprint density at radius 2 is 2.00 bits per heavy atom. The molecular formula is C15H24N2O2. The summed E-state index contributed by atoms with van der Waals surface area (Å²) in [4.78, 5) is 11.9. The summed E-state index contributed by atoms with van der Waals surface area (Å²) in [6, 6.07) is 7.64. The minimum Gasteiger partial charge on any atom is -0.496 e. The van der Waals surface area contributed by atoms with E-state index in [1.165, 1.54) is 0 Å². The summed E-state index contributed by atoms with van der Waals surface area (Å²) in [7, 11) is 1.64. The zero-order valence-electron chi connectivity index (χ0n) is 12.0. The Hall–Kier alpha value is -1.55. The van der Waals surface area contributed by atoms with Gasteiger partial charge in [0.25, 0.3) is 0 Å². The monoisotopic (exact) mass is 264 g/mol. The van der Waals surface area contributed by atoms with Crippen molar-refractivity contribution < 1.29 is 9.53 Å². The molecule has 0 spiro atoms. The number of methoxy groups -OCH3 is 1. The second-order valence-electron chi connectivity index (χ2n) is 4.64. The molecule has 1 aromatic rings. The van der Waals surface area contributed by atoms with E-state index in [0.717, 1.165) is 24.2 Å². The molecule has 3 N–H and O–H groups in total. The lowest BCUT2D eigenvalue weighted by atomic mass is 10.0. The highest BCUT2D eigenvalue weighted by Gasteiger charge is 2.17. The van der Waals surface area contributed by atoms with Gasteiger partial charge in [0.2, 0.25) is 5.91 Å². The summed E-state index contributed by atoms with van der Waals surface area (Å²) in [5.41, 5.74) is 6.81. The van der Waals surface area contributed by atoms with Crippen LogP contribution in [0.3, 0.4) is 0 Å². The Balaban J connectivity index is 2.75. The predicted molar refractivity (Wildman–Crippen MR) is 77.1 cm³/mol. The molecule has 1 aromatic carbocycles. The van der Waals surface area contributed by atoms with Crippen molar-refractivity contribution in [2.24, 2.45) is 5.73 Å². The standard InChI is InChI=1S/C15H24N2O2/c1-4-11(16)10-15(18)17-13(5-2)12-8-6-7-9-14(12)19-3/h6-9,11,13H,4-5,10,16H2,1-3H3,(H,17,18). The van der Waals surface area contributed by atoms with Crippen LogP contribution in [0.5, 0.6) is 5.75 Å². The SMILES string of the molecule is CCC(N)CC(=O)NC(CC)c1ccccc1OC. The van der Waals surface area contributed by atoms with Crippen LogP contribution in [-0.2, 0) is 4.79 Å². The van der Waals surface area contributed by atoms with E-state index in [1.807, 2.05) is 38.1 Å². The summed E-state index contributed by atoms with van der Waals surface area (Å²) < 4.78 is 5.34. The quantitative estimate of drug-likeness (QED) is 0.794. The van der Waals surface area contributed by atoms with Gasteiger partial charge in [-0.3, -0.25) is 4.79 Å². The number of benzene rings is 1. The van der Waals surface area contributed by atoms with Gasteiger partial charge in [-0.1, -0.05) is 32.0 Å². The molecular weight excluding hydrogens is 240 g/mol. The maximum Gasteiger partial charge on any atom is 0.222 e. The summed E-state index contributed by atoms with van der Waals surface area (Å²) >= 11 is 0. The van der Waals surface area contributed by atoms with E-state index < -0.39 is 0 Å². The second-order valence-corrected chi connectivity index (χ2v) is 4.64. The topological polar surface area (TPSA) is 64.4 Å². The van der Waals surface area contributed by atoms with Crippen molar-refractivity contribution in [1.29, 1.82) is 0 Å². The number of nitrogens with two attached hydrogens (primary N) is 1. The number of amides is 1. The highest BCUT2D eigenvalue weighted by molar-refractivity contribution is 5.77. The van der Waals surface area contributed by atoms with Gasteiger partial charge in [-0.2, -0.15) is 0 Å². The first kappa shape index (κ1) is 15.5. The lowest BCUT2D eigenvalue weighted by Gasteiger charge is -2.20. The van der Waals surface area contributed by atoms with Crippen LogP contribution in [0.2, 0.25) is 0 Å². The van der Waals surface area contributed by atoms with Crippen molar-refractivity contribution in [2.75, 3.05) is 7.11 Å². The third-order valence-electron chi connectivity index (χ3n) is 3.23. The van der Waals surface area contributed by atoms with Gasteiger partial charge in [-0.05, 0) is 18.9 Å². The highest BCUT2D eigenvalue weighted by Crippen LogP contribution is 2.26. The average molecular weight is 264 g/mol. The van der Waals surface area contributed by atoms with Crippen molar-refractivity contribution in [3.8, 4) is 5.75 Å². The molecule has 0 bridgehead atoms. The Morgan fingerprint density at radius 3 is 2.58 bits per heavy atom. The molecule has 0 saturated heterocycles. The zero-order chi connectivity index (χ0) is 14.3. The molecule has 4 nitrogen and oxygen atoms in total. The van der Waals surface area contributed by atoms with Crippen molar-refractivity contribution in [2.45, 2.75) is 45.2 Å². The van der Waals surface area contributed by atoms with Gasteiger partial charge >= 0.3 is 0 Å². The van der Waals surface area contributed by atoms with Gasteiger partial charge in [0.05, 0.1) is 13.2 Å². The van der Waals surface area contributed by atoms with Crippen LogP contribution in [0.25, 0.3) is 0 Å². The number of rotatable bonds is 7. The molecule has 2 unspecified atom stereocenters. The number of hydrogen-bond donors (Lipinski definition) is 2. The Labute approximate surface area is 115 Å². The number of carbonyl (C=O) groups excluding carboxylic acids is 1. The van der Waals surface area contributed by atoms with Crippen LogP contribution in [-0.4, -0.2) is 19.1 Å². The molecule has 0 aliphatic heterocycles. The van der Waals surface area contributed by atoms with Gasteiger partial charge in [0, 0.05) is 18.0 Å². The lowest BCUT2D eigenvalue weighted by molar-refractivity contribution is -0.122. The second kappa shape index (κ2) is 7.79. The number of ether oxygens (including phenoxy) is 1. The van der Waals surface area contributed by atoms with Gasteiger partial charge in [-0.15, -0.1) is 0 Å². The van der Waals surface area contributed by atoms with Gasteiger partial charge in [0.15, 0.2) is 0 Å². The van der Waals surface area contributed by atoms with E-state index in [2.05, 4.69) is 5.32 Å². The van der Waals surface area contributed by atoms with Crippen LogP contribution < -0.4 is 15.8 Å². The third-order valence-corrected chi connectivity index (χ3v) is 3.23. The lowest BCUT2D eigenvalue weighted by Crippen LogP contribution is -2.33. The minimum absolute atomic E-state index is 0.00731. The van der Waals surface area contributed by atoms with Crippen molar-refractivity contribution in [1.82, 2.24) is 5.32 Å².